The summed E-state index contributed by atoms with van der Waals surface area (Å²) in [5, 5.41) is 6.79. The molecule has 0 aromatic rings. The van der Waals surface area contributed by atoms with Crippen molar-refractivity contribution in [2.45, 2.75) is 19.9 Å². The van der Waals surface area contributed by atoms with Crippen LogP contribution in [0.2, 0.25) is 0 Å². The van der Waals surface area contributed by atoms with Gasteiger partial charge in [-0.2, -0.15) is 0 Å². The molecule has 0 aliphatic carbocycles. The predicted octanol–water partition coefficient (Wildman–Crippen LogP) is -2.13. The first-order valence-corrected chi connectivity index (χ1v) is 4.84. The van der Waals surface area contributed by atoms with E-state index in [9.17, 15) is 19.2 Å². The number of carbonyl (C=O) groups is 4. The highest BCUT2D eigenvalue weighted by Crippen LogP contribution is 1.82. The van der Waals surface area contributed by atoms with Gasteiger partial charge in [0.1, 0.15) is 6.04 Å². The van der Waals surface area contributed by atoms with E-state index in [-0.39, 0.29) is 13.3 Å². The maximum atomic E-state index is 11.3. The van der Waals surface area contributed by atoms with Gasteiger partial charge in [0, 0.05) is 6.92 Å². The minimum atomic E-state index is -0.786. The highest BCUT2D eigenvalue weighted by atomic mass is 16.5. The van der Waals surface area contributed by atoms with E-state index in [1.54, 1.807) is 0 Å². The molecule has 0 bridgehead atoms. The van der Waals surface area contributed by atoms with Gasteiger partial charge in [0.2, 0.25) is 18.2 Å². The van der Waals surface area contributed by atoms with Crippen LogP contribution in [0.5, 0.6) is 0 Å². The molecule has 8 nitrogen and oxygen atoms in total. The summed E-state index contributed by atoms with van der Waals surface area (Å²) in [6.45, 7) is 2.22. The highest BCUT2D eigenvalue weighted by Gasteiger charge is 2.14. The Morgan fingerprint density at radius 1 is 1.35 bits per heavy atom. The van der Waals surface area contributed by atoms with Crippen molar-refractivity contribution in [2.75, 3.05) is 13.3 Å². The van der Waals surface area contributed by atoms with Gasteiger partial charge >= 0.3 is 5.97 Å². The Morgan fingerprint density at radius 2 is 2.00 bits per heavy atom. The third-order valence-electron chi connectivity index (χ3n) is 1.64. The van der Waals surface area contributed by atoms with Crippen LogP contribution < -0.4 is 16.0 Å². The summed E-state index contributed by atoms with van der Waals surface area (Å²) >= 11 is 0. The van der Waals surface area contributed by atoms with Gasteiger partial charge in [-0.1, -0.05) is 0 Å². The summed E-state index contributed by atoms with van der Waals surface area (Å²) in [5.41, 5.74) is 0. The molecule has 3 amide bonds. The van der Waals surface area contributed by atoms with E-state index in [0.29, 0.717) is 6.41 Å². The Kier molecular flexibility index (Phi) is 7.07. The van der Waals surface area contributed by atoms with Crippen LogP contribution in [0.25, 0.3) is 0 Å². The van der Waals surface area contributed by atoms with E-state index in [1.165, 1.54) is 13.8 Å². The van der Waals surface area contributed by atoms with Gasteiger partial charge in [0.25, 0.3) is 0 Å². The molecular weight excluding hydrogens is 230 g/mol. The number of rotatable bonds is 7. The van der Waals surface area contributed by atoms with Gasteiger partial charge in [-0.25, -0.2) is 0 Å². The Balaban J connectivity index is 3.84. The fraction of sp³-hybridized carbons (Fsp3) is 0.556. The molecule has 0 saturated heterocycles. The second kappa shape index (κ2) is 8.08. The van der Waals surface area contributed by atoms with Crippen LogP contribution in [0.1, 0.15) is 13.8 Å². The first-order chi connectivity index (χ1) is 7.97. The van der Waals surface area contributed by atoms with Crippen LogP contribution in [0.3, 0.4) is 0 Å². The lowest BCUT2D eigenvalue weighted by Gasteiger charge is -2.13. The van der Waals surface area contributed by atoms with Crippen LogP contribution in [0, 0.1) is 0 Å². The monoisotopic (exact) mass is 245 g/mol. The molecule has 1 unspecified atom stereocenters. The zero-order chi connectivity index (χ0) is 13.3. The Hall–Kier alpha value is -2.12. The average Bonchev–Trinajstić information content (AvgIpc) is 2.25. The zero-order valence-electron chi connectivity index (χ0n) is 9.61. The Labute approximate surface area is 98.1 Å². The second-order valence-corrected chi connectivity index (χ2v) is 3.11. The van der Waals surface area contributed by atoms with Crippen LogP contribution in [-0.4, -0.2) is 43.5 Å². The van der Waals surface area contributed by atoms with E-state index in [1.807, 2.05) is 0 Å². The normalized spacial score (nSPS) is 10.9. The zero-order valence-corrected chi connectivity index (χ0v) is 9.61. The molecule has 17 heavy (non-hydrogen) atoms. The quantitative estimate of drug-likeness (QED) is 0.269. The molecule has 96 valence electrons. The molecule has 0 spiro atoms. The minimum absolute atomic E-state index is 0.203. The van der Waals surface area contributed by atoms with E-state index in [4.69, 9.17) is 0 Å². The minimum Gasteiger partial charge on any atom is -0.445 e. The van der Waals surface area contributed by atoms with Gasteiger partial charge in [-0.05, 0) is 6.92 Å². The molecule has 8 heteroatoms. The summed E-state index contributed by atoms with van der Waals surface area (Å²) in [5.74, 6) is -1.50. The van der Waals surface area contributed by atoms with Gasteiger partial charge < -0.3 is 20.7 Å². The number of hydrogen-bond acceptors (Lipinski definition) is 5. The van der Waals surface area contributed by atoms with Crippen LogP contribution in [0.15, 0.2) is 0 Å². The van der Waals surface area contributed by atoms with Gasteiger partial charge in [-0.3, -0.25) is 19.2 Å². The van der Waals surface area contributed by atoms with Crippen molar-refractivity contribution in [3.63, 3.8) is 0 Å². The standard InChI is InChI=1S/C9H15N3O5/c1-6(12-8(15)3-10-4-13)9(16)11-5-17-7(2)14/h4,6H,3,5H2,1-2H3,(H,10,13)(H,11,16)(H,12,15). The molecule has 0 aliphatic heterocycles. The summed E-state index contributed by atoms with van der Waals surface area (Å²) in [6.07, 6.45) is 0.380. The first-order valence-electron chi connectivity index (χ1n) is 4.84. The van der Waals surface area contributed by atoms with Crippen molar-refractivity contribution in [3.05, 3.63) is 0 Å². The fourth-order valence-corrected chi connectivity index (χ4v) is 0.854. The molecule has 0 saturated carbocycles. The molecule has 0 rings (SSSR count). The van der Waals surface area contributed by atoms with Crippen molar-refractivity contribution in [2.24, 2.45) is 0 Å². The smallest absolute Gasteiger partial charge is 0.304 e. The van der Waals surface area contributed by atoms with Gasteiger partial charge in [-0.15, -0.1) is 0 Å². The third-order valence-corrected chi connectivity index (χ3v) is 1.64. The topological polar surface area (TPSA) is 114 Å². The van der Waals surface area contributed by atoms with Crippen LogP contribution >= 0.6 is 0 Å². The number of nitrogens with one attached hydrogen (secondary N) is 3. The fourth-order valence-electron chi connectivity index (χ4n) is 0.854. The highest BCUT2D eigenvalue weighted by molar-refractivity contribution is 5.88. The molecule has 0 aromatic carbocycles. The summed E-state index contributed by atoms with van der Waals surface area (Å²) in [6, 6.07) is -0.786. The van der Waals surface area contributed by atoms with Crippen molar-refractivity contribution in [1.82, 2.24) is 16.0 Å². The van der Waals surface area contributed by atoms with E-state index in [2.05, 4.69) is 20.7 Å². The third kappa shape index (κ3) is 7.77. The SMILES string of the molecule is CC(=O)OCNC(=O)C(C)NC(=O)CNC=O. The molecule has 3 N–H and O–H groups in total. The number of carbonyl (C=O) groups excluding carboxylic acids is 4. The lowest BCUT2D eigenvalue weighted by molar-refractivity contribution is -0.143. The number of hydrogen-bond donors (Lipinski definition) is 3. The molecular formula is C9H15N3O5. The molecule has 0 radical (unpaired) electrons. The van der Waals surface area contributed by atoms with Crippen LogP contribution in [0.4, 0.5) is 0 Å². The van der Waals surface area contributed by atoms with Crippen molar-refractivity contribution in [3.8, 4) is 0 Å². The van der Waals surface area contributed by atoms with Crippen LogP contribution in [-0.2, 0) is 23.9 Å². The maximum Gasteiger partial charge on any atom is 0.304 e. The number of ether oxygens (including phenoxy) is 1. The lowest BCUT2D eigenvalue weighted by Crippen LogP contribution is -2.47. The molecule has 1 atom stereocenters. The summed E-state index contributed by atoms with van der Waals surface area (Å²) in [7, 11) is 0. The lowest BCUT2D eigenvalue weighted by atomic mass is 10.3. The summed E-state index contributed by atoms with van der Waals surface area (Å²) < 4.78 is 4.49. The van der Waals surface area contributed by atoms with Crippen molar-refractivity contribution < 1.29 is 23.9 Å². The van der Waals surface area contributed by atoms with Gasteiger partial charge in [0.05, 0.1) is 6.54 Å². The Morgan fingerprint density at radius 3 is 2.53 bits per heavy atom. The molecule has 0 heterocycles. The number of amides is 3. The van der Waals surface area contributed by atoms with Gasteiger partial charge in [0.15, 0.2) is 6.73 Å². The Bertz CT molecular complexity index is 305. The second-order valence-electron chi connectivity index (χ2n) is 3.11. The van der Waals surface area contributed by atoms with Crippen molar-refractivity contribution >= 4 is 24.2 Å². The van der Waals surface area contributed by atoms with E-state index < -0.39 is 23.8 Å². The molecule has 0 fully saturated rings. The van der Waals surface area contributed by atoms with Crippen molar-refractivity contribution in [1.29, 1.82) is 0 Å². The first kappa shape index (κ1) is 14.9. The summed E-state index contributed by atoms with van der Waals surface area (Å²) in [4.78, 5) is 42.7. The van der Waals surface area contributed by atoms with E-state index >= 15 is 0 Å². The maximum absolute atomic E-state index is 11.3. The molecule has 0 aliphatic rings. The largest absolute Gasteiger partial charge is 0.445 e. The average molecular weight is 245 g/mol. The molecule has 0 aromatic heterocycles. The van der Waals surface area contributed by atoms with E-state index in [0.717, 1.165) is 0 Å². The number of esters is 1. The predicted molar refractivity (Wildman–Crippen MR) is 56.4 cm³/mol.